The minimum Gasteiger partial charge on any atom is -0.399 e. The Kier molecular flexibility index (Phi) is 3.00. The number of anilines is 1. The van der Waals surface area contributed by atoms with Crippen molar-refractivity contribution < 1.29 is 13.6 Å². The van der Waals surface area contributed by atoms with Gasteiger partial charge in [-0.2, -0.15) is 0 Å². The number of benzene rings is 1. The van der Waals surface area contributed by atoms with Crippen molar-refractivity contribution in [3.63, 3.8) is 0 Å². The van der Waals surface area contributed by atoms with E-state index in [1.165, 1.54) is 0 Å². The summed E-state index contributed by atoms with van der Waals surface area (Å²) in [6.07, 6.45) is -1.11. The number of hydrogen-bond donors (Lipinski definition) is 2. The smallest absolute Gasteiger partial charge is 0.255 e. The zero-order chi connectivity index (χ0) is 12.5. The molecule has 92 valence electrons. The number of nitrogens with one attached hydrogen (secondary N) is 1. The van der Waals surface area contributed by atoms with Crippen LogP contribution >= 0.6 is 0 Å². The highest BCUT2D eigenvalue weighted by Crippen LogP contribution is 2.48. The highest BCUT2D eigenvalue weighted by molar-refractivity contribution is 5.91. The first-order valence-electron chi connectivity index (χ1n) is 5.47. The number of rotatable bonds is 4. The highest BCUT2D eigenvalue weighted by atomic mass is 19.3. The first kappa shape index (κ1) is 11.8. The number of hydrogen-bond acceptors (Lipinski definition) is 2. The Labute approximate surface area is 98.0 Å². The molecule has 1 saturated carbocycles. The van der Waals surface area contributed by atoms with Crippen LogP contribution < -0.4 is 11.1 Å². The van der Waals surface area contributed by atoms with Gasteiger partial charge in [-0.25, -0.2) is 8.78 Å². The lowest BCUT2D eigenvalue weighted by Crippen LogP contribution is -2.37. The van der Waals surface area contributed by atoms with Gasteiger partial charge < -0.3 is 11.1 Å². The minimum atomic E-state index is -2.51. The van der Waals surface area contributed by atoms with Crippen molar-refractivity contribution in [1.82, 2.24) is 5.32 Å². The third-order valence-corrected chi connectivity index (χ3v) is 3.06. The van der Waals surface area contributed by atoms with E-state index in [1.807, 2.05) is 0 Å². The molecule has 1 aromatic rings. The van der Waals surface area contributed by atoms with Crippen molar-refractivity contribution >= 4 is 11.6 Å². The quantitative estimate of drug-likeness (QED) is 0.787. The molecule has 0 radical (unpaired) electrons. The molecule has 0 atom stereocenters. The Morgan fingerprint density at radius 2 is 1.94 bits per heavy atom. The molecule has 0 spiro atoms. The summed E-state index contributed by atoms with van der Waals surface area (Å²) in [7, 11) is 0. The average Bonchev–Trinajstić information content (AvgIpc) is 3.08. The first-order chi connectivity index (χ1) is 8.04. The predicted octanol–water partition coefficient (Wildman–Crippen LogP) is 1.68. The Balaban J connectivity index is 2.08. The molecule has 1 fully saturated rings. The van der Waals surface area contributed by atoms with Crippen LogP contribution in [0.3, 0.4) is 0 Å². The second-order valence-electron chi connectivity index (χ2n) is 4.31. The fraction of sp³-hybridized carbons (Fsp3) is 0.417. The molecule has 1 aliphatic rings. The zero-order valence-electron chi connectivity index (χ0n) is 9.25. The maximum atomic E-state index is 12.0. The van der Waals surface area contributed by atoms with Crippen molar-refractivity contribution in [2.75, 3.05) is 12.3 Å². The lowest BCUT2D eigenvalue weighted by Gasteiger charge is -2.15. The van der Waals surface area contributed by atoms with Gasteiger partial charge in [-0.3, -0.25) is 4.79 Å². The van der Waals surface area contributed by atoms with E-state index in [0.29, 0.717) is 18.5 Å². The van der Waals surface area contributed by atoms with Crippen LogP contribution in [0.1, 0.15) is 18.4 Å². The van der Waals surface area contributed by atoms with E-state index >= 15 is 0 Å². The summed E-state index contributed by atoms with van der Waals surface area (Å²) >= 11 is 0. The van der Waals surface area contributed by atoms with Crippen LogP contribution in [0.25, 0.3) is 0 Å². The van der Waals surface area contributed by atoms with Gasteiger partial charge in [0.25, 0.3) is 6.43 Å². The van der Waals surface area contributed by atoms with Gasteiger partial charge in [-0.15, -0.1) is 0 Å². The van der Waals surface area contributed by atoms with Crippen molar-refractivity contribution in [3.8, 4) is 0 Å². The Bertz CT molecular complexity index is 413. The molecular weight excluding hydrogens is 226 g/mol. The third kappa shape index (κ3) is 2.38. The Morgan fingerprint density at radius 3 is 2.41 bits per heavy atom. The molecular formula is C12H14F2N2O. The minimum absolute atomic E-state index is 0.317. The van der Waals surface area contributed by atoms with Crippen molar-refractivity contribution in [2.45, 2.75) is 24.7 Å². The number of alkyl halides is 2. The van der Waals surface area contributed by atoms with Gasteiger partial charge in [0.1, 0.15) is 0 Å². The van der Waals surface area contributed by atoms with E-state index in [2.05, 4.69) is 5.32 Å². The Morgan fingerprint density at radius 1 is 1.35 bits per heavy atom. The number of nitrogens with two attached hydrogens (primary N) is 1. The molecule has 5 heteroatoms. The molecule has 0 aliphatic heterocycles. The van der Waals surface area contributed by atoms with Crippen LogP contribution in [0.15, 0.2) is 24.3 Å². The molecule has 0 heterocycles. The molecule has 2 rings (SSSR count). The second kappa shape index (κ2) is 4.31. The molecule has 1 aromatic carbocycles. The fourth-order valence-corrected chi connectivity index (χ4v) is 1.91. The maximum Gasteiger partial charge on any atom is 0.255 e. The monoisotopic (exact) mass is 240 g/mol. The highest BCUT2D eigenvalue weighted by Gasteiger charge is 2.51. The summed E-state index contributed by atoms with van der Waals surface area (Å²) in [6.45, 7) is -0.588. The molecule has 1 aliphatic carbocycles. The number of nitrogen functional groups attached to an aromatic ring is 1. The lowest BCUT2D eigenvalue weighted by atomic mass is 9.95. The second-order valence-corrected chi connectivity index (χ2v) is 4.31. The molecule has 0 bridgehead atoms. The summed E-state index contributed by atoms with van der Waals surface area (Å²) in [5, 5.41) is 2.28. The first-order valence-corrected chi connectivity index (χ1v) is 5.47. The van der Waals surface area contributed by atoms with Crippen LogP contribution in [0.2, 0.25) is 0 Å². The summed E-state index contributed by atoms with van der Waals surface area (Å²) < 4.78 is 24.1. The van der Waals surface area contributed by atoms with Crippen molar-refractivity contribution in [2.24, 2.45) is 0 Å². The predicted molar refractivity (Wildman–Crippen MR) is 60.8 cm³/mol. The topological polar surface area (TPSA) is 55.1 Å². The normalized spacial score (nSPS) is 16.9. The van der Waals surface area contributed by atoms with Gasteiger partial charge in [0.2, 0.25) is 5.91 Å². The molecule has 3 N–H and O–H groups in total. The van der Waals surface area contributed by atoms with Gasteiger partial charge >= 0.3 is 0 Å². The van der Waals surface area contributed by atoms with Gasteiger partial charge in [-0.05, 0) is 30.5 Å². The largest absolute Gasteiger partial charge is 0.399 e. The van der Waals surface area contributed by atoms with Crippen LogP contribution in [0, 0.1) is 0 Å². The third-order valence-electron chi connectivity index (χ3n) is 3.06. The van der Waals surface area contributed by atoms with Crippen LogP contribution in [0.5, 0.6) is 0 Å². The Hall–Kier alpha value is -1.65. The number of amides is 1. The summed E-state index contributed by atoms with van der Waals surface area (Å²) in [5.41, 5.74) is 6.43. The van der Waals surface area contributed by atoms with Crippen molar-refractivity contribution in [1.29, 1.82) is 0 Å². The van der Waals surface area contributed by atoms with Gasteiger partial charge in [0.15, 0.2) is 0 Å². The number of halogens is 2. The summed E-state index contributed by atoms with van der Waals surface area (Å²) in [4.78, 5) is 11.8. The van der Waals surface area contributed by atoms with Gasteiger partial charge in [0.05, 0.1) is 12.0 Å². The van der Waals surface area contributed by atoms with E-state index in [4.69, 9.17) is 5.73 Å². The standard InChI is InChI=1S/C12H14F2N2O/c13-10(14)7-16-11(17)12(5-6-12)8-1-3-9(15)4-2-8/h1-4,10H,5-7,15H2,(H,16,17). The molecule has 0 unspecified atom stereocenters. The van der Waals surface area contributed by atoms with E-state index in [1.54, 1.807) is 24.3 Å². The van der Waals surface area contributed by atoms with E-state index in [9.17, 15) is 13.6 Å². The SMILES string of the molecule is Nc1ccc(C2(C(=O)NCC(F)F)CC2)cc1. The van der Waals surface area contributed by atoms with Crippen LogP contribution in [-0.2, 0) is 10.2 Å². The maximum absolute atomic E-state index is 12.0. The van der Waals surface area contributed by atoms with Crippen LogP contribution in [-0.4, -0.2) is 18.9 Å². The fourth-order valence-electron chi connectivity index (χ4n) is 1.91. The molecule has 0 aromatic heterocycles. The molecule has 17 heavy (non-hydrogen) atoms. The van der Waals surface area contributed by atoms with Gasteiger partial charge in [-0.1, -0.05) is 12.1 Å². The van der Waals surface area contributed by atoms with E-state index in [-0.39, 0.29) is 5.91 Å². The molecule has 0 saturated heterocycles. The lowest BCUT2D eigenvalue weighted by molar-refractivity contribution is -0.124. The van der Waals surface area contributed by atoms with E-state index in [0.717, 1.165) is 5.56 Å². The molecule has 1 amide bonds. The van der Waals surface area contributed by atoms with E-state index < -0.39 is 18.4 Å². The number of carbonyl (C=O) groups is 1. The summed E-state index contributed by atoms with van der Waals surface area (Å²) in [5.74, 6) is -0.317. The van der Waals surface area contributed by atoms with Crippen molar-refractivity contribution in [3.05, 3.63) is 29.8 Å². The summed E-state index contributed by atoms with van der Waals surface area (Å²) in [6, 6.07) is 7.00. The van der Waals surface area contributed by atoms with Crippen LogP contribution in [0.4, 0.5) is 14.5 Å². The zero-order valence-corrected chi connectivity index (χ0v) is 9.25. The average molecular weight is 240 g/mol. The molecule has 3 nitrogen and oxygen atoms in total. The number of carbonyl (C=O) groups excluding carboxylic acids is 1. The van der Waals surface area contributed by atoms with Gasteiger partial charge in [0, 0.05) is 5.69 Å².